The number of halogens is 2. The van der Waals surface area contributed by atoms with Crippen molar-refractivity contribution in [2.75, 3.05) is 36.4 Å². The lowest BCUT2D eigenvalue weighted by Crippen LogP contribution is -2.43. The van der Waals surface area contributed by atoms with Crippen LogP contribution in [0.25, 0.3) is 10.9 Å². The first kappa shape index (κ1) is 18.0. The third-order valence-electron chi connectivity index (χ3n) is 5.55. The van der Waals surface area contributed by atoms with Gasteiger partial charge >= 0.3 is 0 Å². The zero-order valence-electron chi connectivity index (χ0n) is 15.5. The second-order valence-electron chi connectivity index (χ2n) is 7.68. The molecule has 146 valence electrons. The van der Waals surface area contributed by atoms with E-state index in [4.69, 9.17) is 23.2 Å². The summed E-state index contributed by atoms with van der Waals surface area (Å²) < 4.78 is 1.88. The zero-order valence-corrected chi connectivity index (χ0v) is 17.1. The molecule has 1 aliphatic carbocycles. The highest BCUT2D eigenvalue weighted by Crippen LogP contribution is 2.45. The third-order valence-corrected chi connectivity index (χ3v) is 6.21. The fourth-order valence-corrected chi connectivity index (χ4v) is 4.19. The largest absolute Gasteiger partial charge is 0.368 e. The van der Waals surface area contributed by atoms with Crippen molar-refractivity contribution >= 4 is 51.4 Å². The topological polar surface area (TPSA) is 70.9 Å². The Balaban J connectivity index is 1.46. The number of rotatable bonds is 4. The molecule has 0 amide bonds. The number of anilines is 3. The Hall–Kier alpha value is -2.09. The van der Waals surface area contributed by atoms with Crippen LogP contribution in [0.2, 0.25) is 10.2 Å². The Bertz CT molecular complexity index is 1040. The lowest BCUT2D eigenvalue weighted by molar-refractivity contribution is 0.474. The van der Waals surface area contributed by atoms with Crippen LogP contribution in [0.5, 0.6) is 0 Å². The molecule has 3 heterocycles. The maximum Gasteiger partial charge on any atom is 0.227 e. The molecule has 2 aromatic heterocycles. The average Bonchev–Trinajstić information content (AvgIpc) is 3.34. The van der Waals surface area contributed by atoms with Gasteiger partial charge in [-0.15, -0.1) is 0 Å². The Morgan fingerprint density at radius 3 is 2.68 bits per heavy atom. The number of aromatic nitrogens is 4. The Labute approximate surface area is 173 Å². The fourth-order valence-electron chi connectivity index (χ4n) is 3.56. The molecule has 1 aliphatic heterocycles. The van der Waals surface area contributed by atoms with Gasteiger partial charge in [-0.2, -0.15) is 5.10 Å². The van der Waals surface area contributed by atoms with Crippen molar-refractivity contribution < 1.29 is 0 Å². The van der Waals surface area contributed by atoms with E-state index in [9.17, 15) is 0 Å². The average molecular weight is 418 g/mol. The highest BCUT2D eigenvalue weighted by molar-refractivity contribution is 6.34. The highest BCUT2D eigenvalue weighted by Gasteiger charge is 2.42. The minimum Gasteiger partial charge on any atom is -0.368 e. The molecule has 0 radical (unpaired) electrons. The van der Waals surface area contributed by atoms with Gasteiger partial charge in [-0.25, -0.2) is 14.6 Å². The summed E-state index contributed by atoms with van der Waals surface area (Å²) in [5, 5.41) is 13.2. The van der Waals surface area contributed by atoms with Gasteiger partial charge in [0, 0.05) is 37.8 Å². The summed E-state index contributed by atoms with van der Waals surface area (Å²) in [5.41, 5.74) is 2.60. The van der Waals surface area contributed by atoms with E-state index in [2.05, 4.69) is 37.5 Å². The summed E-state index contributed by atoms with van der Waals surface area (Å²) in [6, 6.07) is 3.96. The molecule has 5 rings (SSSR count). The molecule has 0 atom stereocenters. The first-order valence-electron chi connectivity index (χ1n) is 9.46. The van der Waals surface area contributed by atoms with Gasteiger partial charge in [0.2, 0.25) is 5.95 Å². The molecule has 2 fully saturated rings. The van der Waals surface area contributed by atoms with Crippen LogP contribution in [-0.2, 0) is 5.54 Å². The number of nitrogens with zero attached hydrogens (tertiary/aromatic N) is 5. The van der Waals surface area contributed by atoms with Gasteiger partial charge in [-0.3, -0.25) is 0 Å². The highest BCUT2D eigenvalue weighted by atomic mass is 35.5. The summed E-state index contributed by atoms with van der Waals surface area (Å²) in [7, 11) is 0. The number of nitrogens with one attached hydrogen (secondary N) is 2. The van der Waals surface area contributed by atoms with Crippen molar-refractivity contribution in [1.82, 2.24) is 25.1 Å². The van der Waals surface area contributed by atoms with Crippen LogP contribution in [0.1, 0.15) is 19.8 Å². The third kappa shape index (κ3) is 3.17. The molecule has 0 bridgehead atoms. The van der Waals surface area contributed by atoms with Crippen LogP contribution in [0.3, 0.4) is 0 Å². The monoisotopic (exact) mass is 417 g/mol. The van der Waals surface area contributed by atoms with Crippen LogP contribution < -0.4 is 15.5 Å². The van der Waals surface area contributed by atoms with E-state index in [1.807, 2.05) is 16.8 Å². The predicted molar refractivity (Wildman–Crippen MR) is 113 cm³/mol. The number of piperazine rings is 1. The van der Waals surface area contributed by atoms with Crippen LogP contribution in [-0.4, -0.2) is 45.9 Å². The van der Waals surface area contributed by atoms with Gasteiger partial charge in [0.25, 0.3) is 0 Å². The molecule has 3 aromatic rings. The normalized spacial score (nSPS) is 18.5. The van der Waals surface area contributed by atoms with E-state index in [1.165, 1.54) is 0 Å². The minimum absolute atomic E-state index is 0.0379. The number of hydrogen-bond donors (Lipinski definition) is 2. The number of hydrogen-bond acceptors (Lipinski definition) is 6. The van der Waals surface area contributed by atoms with Crippen LogP contribution in [0.15, 0.2) is 24.5 Å². The molecule has 1 aromatic carbocycles. The summed E-state index contributed by atoms with van der Waals surface area (Å²) in [6.07, 6.45) is 5.69. The first-order chi connectivity index (χ1) is 13.5. The summed E-state index contributed by atoms with van der Waals surface area (Å²) in [4.78, 5) is 11.4. The maximum atomic E-state index is 6.52. The van der Waals surface area contributed by atoms with Gasteiger partial charge in [0.15, 0.2) is 5.15 Å². The molecule has 0 spiro atoms. The van der Waals surface area contributed by atoms with Crippen molar-refractivity contribution in [3.05, 3.63) is 34.7 Å². The maximum absolute atomic E-state index is 6.52. The van der Waals surface area contributed by atoms with Gasteiger partial charge < -0.3 is 15.5 Å². The van der Waals surface area contributed by atoms with Crippen molar-refractivity contribution in [2.24, 2.45) is 0 Å². The van der Waals surface area contributed by atoms with Crippen LogP contribution >= 0.6 is 23.2 Å². The quantitative estimate of drug-likeness (QED) is 0.672. The second kappa shape index (κ2) is 6.76. The van der Waals surface area contributed by atoms with E-state index < -0.39 is 0 Å². The van der Waals surface area contributed by atoms with Crippen molar-refractivity contribution in [1.29, 1.82) is 0 Å². The first-order valence-corrected chi connectivity index (χ1v) is 10.2. The lowest BCUT2D eigenvalue weighted by Gasteiger charge is -2.30. The van der Waals surface area contributed by atoms with E-state index in [-0.39, 0.29) is 5.54 Å². The summed E-state index contributed by atoms with van der Waals surface area (Å²) in [6.45, 7) is 5.91. The molecule has 28 heavy (non-hydrogen) atoms. The molecule has 7 nitrogen and oxygen atoms in total. The predicted octanol–water partition coefficient (Wildman–Crippen LogP) is 3.80. The molecule has 1 saturated carbocycles. The Morgan fingerprint density at radius 2 is 1.93 bits per heavy atom. The van der Waals surface area contributed by atoms with E-state index in [0.717, 1.165) is 60.6 Å². The van der Waals surface area contributed by atoms with Crippen molar-refractivity contribution in [3.8, 4) is 0 Å². The number of benzene rings is 1. The lowest BCUT2D eigenvalue weighted by atomic mass is 10.2. The number of fused-ring (bicyclic) bond motifs is 1. The fraction of sp³-hybridized carbons (Fsp3) is 0.421. The molecule has 2 aliphatic rings. The molecule has 2 N–H and O–H groups in total. The molecular weight excluding hydrogens is 397 g/mol. The van der Waals surface area contributed by atoms with E-state index >= 15 is 0 Å². The molecule has 9 heteroatoms. The molecule has 0 unspecified atom stereocenters. The van der Waals surface area contributed by atoms with Crippen LogP contribution in [0, 0.1) is 0 Å². The van der Waals surface area contributed by atoms with Crippen molar-refractivity contribution in [3.63, 3.8) is 0 Å². The SMILES string of the molecule is CC1(n2ncc(Nc3ncc4cc(Cl)c(N5CCNCC5)cc4n3)c2Cl)CC1. The van der Waals surface area contributed by atoms with E-state index in [1.54, 1.807) is 12.4 Å². The minimum atomic E-state index is 0.0379. The van der Waals surface area contributed by atoms with Gasteiger partial charge in [-0.05, 0) is 31.9 Å². The zero-order chi connectivity index (χ0) is 19.3. The van der Waals surface area contributed by atoms with Crippen LogP contribution in [0.4, 0.5) is 17.3 Å². The van der Waals surface area contributed by atoms with Gasteiger partial charge in [-0.1, -0.05) is 23.2 Å². The standard InChI is InChI=1S/C19H21Cl2N7/c1-19(2-3-19)28-17(21)15(11-24-28)26-18-23-10-12-8-13(20)16(9-14(12)25-18)27-6-4-22-5-7-27/h8-11,22H,2-7H2,1H3,(H,23,25,26). The van der Waals surface area contributed by atoms with Gasteiger partial charge in [0.1, 0.15) is 0 Å². The Morgan fingerprint density at radius 1 is 1.14 bits per heavy atom. The molecule has 1 saturated heterocycles. The van der Waals surface area contributed by atoms with Crippen molar-refractivity contribution in [2.45, 2.75) is 25.3 Å². The van der Waals surface area contributed by atoms with E-state index in [0.29, 0.717) is 16.8 Å². The van der Waals surface area contributed by atoms with Gasteiger partial charge in [0.05, 0.1) is 33.6 Å². The smallest absolute Gasteiger partial charge is 0.227 e. The second-order valence-corrected chi connectivity index (χ2v) is 8.44. The summed E-state index contributed by atoms with van der Waals surface area (Å²) >= 11 is 13.0. The Kier molecular flexibility index (Phi) is 4.34. The molecular formula is C19H21Cl2N7. The summed E-state index contributed by atoms with van der Waals surface area (Å²) in [5.74, 6) is 0.489.